The normalized spacial score (nSPS) is 29.5. The lowest BCUT2D eigenvalue weighted by molar-refractivity contribution is 0.156. The molecule has 2 saturated carbocycles. The van der Waals surface area contributed by atoms with E-state index in [1.54, 1.807) is 0 Å². The summed E-state index contributed by atoms with van der Waals surface area (Å²) in [5, 5.41) is 0. The maximum absolute atomic E-state index is 13.5. The van der Waals surface area contributed by atoms with E-state index in [9.17, 15) is 13.2 Å². The van der Waals surface area contributed by atoms with Crippen molar-refractivity contribution in [2.45, 2.75) is 76.5 Å². The zero-order valence-electron chi connectivity index (χ0n) is 15.7. The molecular weight excluding hydrogens is 333 g/mol. The lowest BCUT2D eigenvalue weighted by atomic mass is 9.68. The number of rotatable bonds is 6. The molecule has 26 heavy (non-hydrogen) atoms. The fraction of sp³-hybridized carbons (Fsp3) is 0.652. The summed E-state index contributed by atoms with van der Waals surface area (Å²) >= 11 is 0. The molecule has 3 heteroatoms. The number of halogens is 3. The molecule has 2 aliphatic rings. The van der Waals surface area contributed by atoms with Crippen molar-refractivity contribution in [2.24, 2.45) is 17.8 Å². The Morgan fingerprint density at radius 3 is 1.92 bits per heavy atom. The Labute approximate surface area is 155 Å². The van der Waals surface area contributed by atoms with Crippen LogP contribution in [-0.2, 0) is 0 Å². The van der Waals surface area contributed by atoms with Crippen LogP contribution in [0.5, 0.6) is 0 Å². The SMILES string of the molecule is C=CCCC[C@H]1CC[C@H]([C@H]2CC[C@H](c3cc(F)c(F)c(F)c3)CC2)CC1. The Morgan fingerprint density at radius 1 is 0.846 bits per heavy atom. The third-order valence-corrected chi connectivity index (χ3v) is 6.83. The number of benzene rings is 1. The van der Waals surface area contributed by atoms with Crippen LogP contribution in [0, 0.1) is 35.2 Å². The van der Waals surface area contributed by atoms with Crippen LogP contribution >= 0.6 is 0 Å². The van der Waals surface area contributed by atoms with Gasteiger partial charge in [0.2, 0.25) is 0 Å². The molecule has 0 heterocycles. The van der Waals surface area contributed by atoms with Gasteiger partial charge in [0.05, 0.1) is 0 Å². The quantitative estimate of drug-likeness (QED) is 0.278. The summed E-state index contributed by atoms with van der Waals surface area (Å²) in [6.07, 6.45) is 15.4. The van der Waals surface area contributed by atoms with E-state index in [1.165, 1.54) is 50.7 Å². The molecule has 0 aliphatic heterocycles. The predicted octanol–water partition coefficient (Wildman–Crippen LogP) is 7.54. The second-order valence-corrected chi connectivity index (χ2v) is 8.41. The molecule has 0 N–H and O–H groups in total. The molecular formula is C23H31F3. The first-order valence-corrected chi connectivity index (χ1v) is 10.3. The van der Waals surface area contributed by atoms with Crippen molar-refractivity contribution in [2.75, 3.05) is 0 Å². The monoisotopic (exact) mass is 364 g/mol. The Morgan fingerprint density at radius 2 is 1.38 bits per heavy atom. The molecule has 0 unspecified atom stereocenters. The first-order chi connectivity index (χ1) is 12.6. The fourth-order valence-electron chi connectivity index (χ4n) is 5.23. The first-order valence-electron chi connectivity index (χ1n) is 10.3. The Bertz CT molecular complexity index is 570. The summed E-state index contributed by atoms with van der Waals surface area (Å²) < 4.78 is 40.1. The largest absolute Gasteiger partial charge is 0.204 e. The zero-order chi connectivity index (χ0) is 18.5. The third-order valence-electron chi connectivity index (χ3n) is 6.83. The van der Waals surface area contributed by atoms with Crippen LogP contribution in [-0.4, -0.2) is 0 Å². The summed E-state index contributed by atoms with van der Waals surface area (Å²) in [7, 11) is 0. The summed E-state index contributed by atoms with van der Waals surface area (Å²) in [6.45, 7) is 3.80. The molecule has 2 fully saturated rings. The van der Waals surface area contributed by atoms with Crippen LogP contribution in [0.4, 0.5) is 13.2 Å². The maximum atomic E-state index is 13.5. The van der Waals surface area contributed by atoms with Gasteiger partial charge in [-0.3, -0.25) is 0 Å². The van der Waals surface area contributed by atoms with Crippen LogP contribution in [0.3, 0.4) is 0 Å². The Kier molecular flexibility index (Phi) is 6.83. The van der Waals surface area contributed by atoms with Crippen molar-refractivity contribution in [3.63, 3.8) is 0 Å². The molecule has 0 aromatic heterocycles. The van der Waals surface area contributed by atoms with Crippen molar-refractivity contribution in [3.05, 3.63) is 47.8 Å². The van der Waals surface area contributed by atoms with E-state index in [0.29, 0.717) is 5.56 Å². The number of hydrogen-bond donors (Lipinski definition) is 0. The molecule has 1 aromatic rings. The van der Waals surface area contributed by atoms with Gasteiger partial charge in [0.1, 0.15) is 0 Å². The molecule has 0 atom stereocenters. The highest BCUT2D eigenvalue weighted by atomic mass is 19.2. The Hall–Kier alpha value is -1.25. The Balaban J connectivity index is 1.46. The van der Waals surface area contributed by atoms with Gasteiger partial charge in [-0.2, -0.15) is 0 Å². The van der Waals surface area contributed by atoms with E-state index in [1.807, 2.05) is 6.08 Å². The van der Waals surface area contributed by atoms with E-state index in [4.69, 9.17) is 0 Å². The lowest BCUT2D eigenvalue weighted by Crippen LogP contribution is -2.25. The van der Waals surface area contributed by atoms with Crippen molar-refractivity contribution in [3.8, 4) is 0 Å². The maximum Gasteiger partial charge on any atom is 0.194 e. The van der Waals surface area contributed by atoms with Crippen molar-refractivity contribution >= 4 is 0 Å². The predicted molar refractivity (Wildman–Crippen MR) is 101 cm³/mol. The van der Waals surface area contributed by atoms with Crippen LogP contribution in [0.2, 0.25) is 0 Å². The molecule has 2 aliphatic carbocycles. The molecule has 0 bridgehead atoms. The van der Waals surface area contributed by atoms with E-state index >= 15 is 0 Å². The van der Waals surface area contributed by atoms with Crippen molar-refractivity contribution < 1.29 is 13.2 Å². The van der Waals surface area contributed by atoms with E-state index in [-0.39, 0.29) is 5.92 Å². The second-order valence-electron chi connectivity index (χ2n) is 8.41. The molecule has 0 saturated heterocycles. The molecule has 0 nitrogen and oxygen atoms in total. The topological polar surface area (TPSA) is 0 Å². The summed E-state index contributed by atoms with van der Waals surface area (Å²) in [6, 6.07) is 2.38. The van der Waals surface area contributed by atoms with E-state index in [2.05, 4.69) is 6.58 Å². The van der Waals surface area contributed by atoms with E-state index < -0.39 is 17.5 Å². The van der Waals surface area contributed by atoms with Gasteiger partial charge in [-0.1, -0.05) is 25.3 Å². The van der Waals surface area contributed by atoms with Gasteiger partial charge in [-0.25, -0.2) is 13.2 Å². The van der Waals surface area contributed by atoms with Gasteiger partial charge in [0.15, 0.2) is 17.5 Å². The van der Waals surface area contributed by atoms with Crippen LogP contribution in [0.1, 0.15) is 82.1 Å². The molecule has 1 aromatic carbocycles. The zero-order valence-corrected chi connectivity index (χ0v) is 15.7. The van der Waals surface area contributed by atoms with Crippen molar-refractivity contribution in [1.82, 2.24) is 0 Å². The highest BCUT2D eigenvalue weighted by molar-refractivity contribution is 5.23. The van der Waals surface area contributed by atoms with Crippen LogP contribution in [0.15, 0.2) is 24.8 Å². The molecule has 3 rings (SSSR count). The minimum Gasteiger partial charge on any atom is -0.204 e. The second kappa shape index (κ2) is 9.10. The smallest absolute Gasteiger partial charge is 0.194 e. The summed E-state index contributed by atoms with van der Waals surface area (Å²) in [5.41, 5.74) is 0.630. The molecule has 0 spiro atoms. The average Bonchev–Trinajstić information content (AvgIpc) is 2.67. The minimum absolute atomic E-state index is 0.172. The summed E-state index contributed by atoms with van der Waals surface area (Å²) in [5.74, 6) is -0.816. The van der Waals surface area contributed by atoms with Crippen LogP contribution in [0.25, 0.3) is 0 Å². The first kappa shape index (κ1) is 19.5. The molecule has 0 radical (unpaired) electrons. The number of unbranched alkanes of at least 4 members (excludes halogenated alkanes) is 1. The van der Waals surface area contributed by atoms with Gasteiger partial charge >= 0.3 is 0 Å². The highest BCUT2D eigenvalue weighted by Crippen LogP contribution is 2.44. The fourth-order valence-corrected chi connectivity index (χ4v) is 5.23. The van der Waals surface area contributed by atoms with Crippen LogP contribution < -0.4 is 0 Å². The average molecular weight is 364 g/mol. The summed E-state index contributed by atoms with van der Waals surface area (Å²) in [4.78, 5) is 0. The highest BCUT2D eigenvalue weighted by Gasteiger charge is 2.31. The third kappa shape index (κ3) is 4.72. The van der Waals surface area contributed by atoms with Gasteiger partial charge in [0.25, 0.3) is 0 Å². The van der Waals surface area contributed by atoms with E-state index in [0.717, 1.165) is 49.9 Å². The van der Waals surface area contributed by atoms with Gasteiger partial charge in [-0.05, 0) is 92.7 Å². The number of hydrogen-bond acceptors (Lipinski definition) is 0. The van der Waals surface area contributed by atoms with Gasteiger partial charge in [0, 0.05) is 0 Å². The van der Waals surface area contributed by atoms with Crippen molar-refractivity contribution in [1.29, 1.82) is 0 Å². The molecule has 144 valence electrons. The standard InChI is InChI=1S/C23H31F3/c1-2-3-4-5-16-6-8-17(9-7-16)18-10-12-19(13-11-18)20-14-21(24)23(26)22(25)15-20/h2,14-19H,1,3-13H2/t16-,17-,18-,19-. The molecule has 0 amide bonds. The number of allylic oxidation sites excluding steroid dienone is 1. The van der Waals surface area contributed by atoms with Gasteiger partial charge < -0.3 is 0 Å². The minimum atomic E-state index is -1.35. The van der Waals surface area contributed by atoms with Gasteiger partial charge in [-0.15, -0.1) is 6.58 Å². The lowest BCUT2D eigenvalue weighted by Gasteiger charge is -2.38.